The molecule has 0 unspecified atom stereocenters. The van der Waals surface area contributed by atoms with Crippen LogP contribution in [0.5, 0.6) is 0 Å². The molecule has 2 rings (SSSR count). The van der Waals surface area contributed by atoms with E-state index in [4.69, 9.17) is 5.11 Å². The van der Waals surface area contributed by atoms with Gasteiger partial charge in [0.05, 0.1) is 5.69 Å². The van der Waals surface area contributed by atoms with Gasteiger partial charge in [0.25, 0.3) is 0 Å². The van der Waals surface area contributed by atoms with Crippen molar-refractivity contribution >= 4 is 5.97 Å². The van der Waals surface area contributed by atoms with Crippen LogP contribution in [-0.2, 0) is 13.1 Å². The molecular weight excluding hydrogens is 254 g/mol. The van der Waals surface area contributed by atoms with Crippen molar-refractivity contribution < 1.29 is 9.90 Å². The number of nitrogens with zero attached hydrogens (tertiary/aromatic N) is 3. The van der Waals surface area contributed by atoms with Crippen molar-refractivity contribution in [3.05, 3.63) is 59.7 Å². The van der Waals surface area contributed by atoms with E-state index in [-0.39, 0.29) is 5.69 Å². The predicted molar refractivity (Wildman–Crippen MR) is 75.2 cm³/mol. The van der Waals surface area contributed by atoms with Crippen LogP contribution in [0.2, 0.25) is 0 Å². The molecular formula is C15H17N3O2. The highest BCUT2D eigenvalue weighted by molar-refractivity contribution is 5.85. The van der Waals surface area contributed by atoms with Crippen molar-refractivity contribution in [2.45, 2.75) is 20.0 Å². The molecule has 0 aliphatic rings. The van der Waals surface area contributed by atoms with Crippen LogP contribution in [0.3, 0.4) is 0 Å². The van der Waals surface area contributed by atoms with E-state index in [2.05, 4.69) is 21.8 Å². The minimum Gasteiger partial charge on any atom is -0.477 e. The van der Waals surface area contributed by atoms with Crippen LogP contribution in [0.4, 0.5) is 0 Å². The number of carboxylic acids is 1. The van der Waals surface area contributed by atoms with Gasteiger partial charge < -0.3 is 5.11 Å². The molecule has 0 fully saturated rings. The number of hydrogen-bond acceptors (Lipinski definition) is 4. The standard InChI is InChI=1S/C15H17N3O2/c1-2-18(11-13-5-3-4-7-16-13)10-12-6-8-17-14(9-12)15(19)20/h3-9H,2,10-11H2,1H3,(H,19,20). The average molecular weight is 271 g/mol. The molecule has 0 saturated carbocycles. The summed E-state index contributed by atoms with van der Waals surface area (Å²) in [6.07, 6.45) is 3.31. The first-order chi connectivity index (χ1) is 9.69. The molecule has 2 heterocycles. The molecule has 5 nitrogen and oxygen atoms in total. The minimum absolute atomic E-state index is 0.0800. The summed E-state index contributed by atoms with van der Waals surface area (Å²) >= 11 is 0. The zero-order valence-electron chi connectivity index (χ0n) is 11.4. The van der Waals surface area contributed by atoms with Crippen LogP contribution in [0, 0.1) is 0 Å². The molecule has 0 saturated heterocycles. The summed E-state index contributed by atoms with van der Waals surface area (Å²) in [5.41, 5.74) is 2.02. The fourth-order valence-corrected chi connectivity index (χ4v) is 1.95. The van der Waals surface area contributed by atoms with Gasteiger partial charge in [0.1, 0.15) is 5.69 Å². The first kappa shape index (κ1) is 14.1. The van der Waals surface area contributed by atoms with Crippen molar-refractivity contribution in [2.75, 3.05) is 6.54 Å². The summed E-state index contributed by atoms with van der Waals surface area (Å²) in [7, 11) is 0. The van der Waals surface area contributed by atoms with Crippen molar-refractivity contribution in [3.8, 4) is 0 Å². The zero-order chi connectivity index (χ0) is 14.4. The van der Waals surface area contributed by atoms with Crippen LogP contribution >= 0.6 is 0 Å². The fourth-order valence-electron chi connectivity index (χ4n) is 1.95. The SMILES string of the molecule is CCN(Cc1ccnc(C(=O)O)c1)Cc1ccccn1. The summed E-state index contributed by atoms with van der Waals surface area (Å²) in [6.45, 7) is 4.35. The monoisotopic (exact) mass is 271 g/mol. The highest BCUT2D eigenvalue weighted by Crippen LogP contribution is 2.09. The van der Waals surface area contributed by atoms with E-state index in [1.54, 1.807) is 12.3 Å². The van der Waals surface area contributed by atoms with Crippen LogP contribution in [0.1, 0.15) is 28.7 Å². The van der Waals surface area contributed by atoms with Crippen LogP contribution < -0.4 is 0 Å². The van der Waals surface area contributed by atoms with Crippen molar-refractivity contribution in [3.63, 3.8) is 0 Å². The lowest BCUT2D eigenvalue weighted by Gasteiger charge is -2.20. The Morgan fingerprint density at radius 2 is 2.05 bits per heavy atom. The molecule has 0 radical (unpaired) electrons. The summed E-state index contributed by atoms with van der Waals surface area (Å²) in [6, 6.07) is 9.29. The molecule has 0 amide bonds. The first-order valence-electron chi connectivity index (χ1n) is 6.49. The van der Waals surface area contributed by atoms with E-state index in [1.807, 2.05) is 24.3 Å². The van der Waals surface area contributed by atoms with Crippen molar-refractivity contribution in [2.24, 2.45) is 0 Å². The van der Waals surface area contributed by atoms with Gasteiger partial charge in [-0.1, -0.05) is 13.0 Å². The predicted octanol–water partition coefficient (Wildman–Crippen LogP) is 2.20. The molecule has 0 atom stereocenters. The number of pyridine rings is 2. The van der Waals surface area contributed by atoms with Crippen LogP contribution in [-0.4, -0.2) is 32.5 Å². The first-order valence-corrected chi connectivity index (χ1v) is 6.49. The molecule has 0 aliphatic carbocycles. The maximum Gasteiger partial charge on any atom is 0.354 e. The van der Waals surface area contributed by atoms with Gasteiger partial charge in [0.15, 0.2) is 0 Å². The fraction of sp³-hybridized carbons (Fsp3) is 0.267. The second kappa shape index (κ2) is 6.77. The van der Waals surface area contributed by atoms with E-state index in [0.717, 1.165) is 24.3 Å². The van der Waals surface area contributed by atoms with E-state index >= 15 is 0 Å². The zero-order valence-corrected chi connectivity index (χ0v) is 11.4. The van der Waals surface area contributed by atoms with Gasteiger partial charge in [0, 0.05) is 25.5 Å². The third-order valence-corrected chi connectivity index (χ3v) is 3.01. The van der Waals surface area contributed by atoms with E-state index < -0.39 is 5.97 Å². The van der Waals surface area contributed by atoms with E-state index in [9.17, 15) is 4.79 Å². The Labute approximate surface area is 117 Å². The molecule has 0 aromatic carbocycles. The summed E-state index contributed by atoms with van der Waals surface area (Å²) < 4.78 is 0. The van der Waals surface area contributed by atoms with Crippen molar-refractivity contribution in [1.82, 2.24) is 14.9 Å². The normalized spacial score (nSPS) is 10.7. The number of carbonyl (C=O) groups is 1. The van der Waals surface area contributed by atoms with Gasteiger partial charge in [-0.05, 0) is 36.4 Å². The number of aromatic carboxylic acids is 1. The molecule has 104 valence electrons. The quantitative estimate of drug-likeness (QED) is 0.872. The molecule has 5 heteroatoms. The van der Waals surface area contributed by atoms with Gasteiger partial charge in [-0.2, -0.15) is 0 Å². The van der Waals surface area contributed by atoms with E-state index in [1.165, 1.54) is 6.20 Å². The molecule has 20 heavy (non-hydrogen) atoms. The van der Waals surface area contributed by atoms with Gasteiger partial charge in [-0.3, -0.25) is 9.88 Å². The molecule has 2 aromatic rings. The smallest absolute Gasteiger partial charge is 0.354 e. The van der Waals surface area contributed by atoms with Gasteiger partial charge in [-0.15, -0.1) is 0 Å². The third kappa shape index (κ3) is 3.86. The van der Waals surface area contributed by atoms with Crippen LogP contribution in [0.15, 0.2) is 42.7 Å². The maximum absolute atomic E-state index is 10.9. The number of aromatic nitrogens is 2. The molecule has 0 aliphatic heterocycles. The second-order valence-electron chi connectivity index (χ2n) is 4.48. The Kier molecular flexibility index (Phi) is 4.79. The Hall–Kier alpha value is -2.27. The van der Waals surface area contributed by atoms with Crippen LogP contribution in [0.25, 0.3) is 0 Å². The largest absolute Gasteiger partial charge is 0.477 e. The minimum atomic E-state index is -1.00. The summed E-state index contributed by atoms with van der Waals surface area (Å²) in [4.78, 5) is 21.2. The second-order valence-corrected chi connectivity index (χ2v) is 4.48. The lowest BCUT2D eigenvalue weighted by molar-refractivity contribution is 0.0690. The topological polar surface area (TPSA) is 66.3 Å². The average Bonchev–Trinajstić information content (AvgIpc) is 2.48. The van der Waals surface area contributed by atoms with E-state index in [0.29, 0.717) is 6.54 Å². The Morgan fingerprint density at radius 3 is 2.70 bits per heavy atom. The lowest BCUT2D eigenvalue weighted by atomic mass is 10.2. The number of rotatable bonds is 6. The number of hydrogen-bond donors (Lipinski definition) is 1. The Balaban J connectivity index is 2.06. The van der Waals surface area contributed by atoms with Gasteiger partial charge in [0.2, 0.25) is 0 Å². The Morgan fingerprint density at radius 1 is 1.20 bits per heavy atom. The van der Waals surface area contributed by atoms with Gasteiger partial charge in [-0.25, -0.2) is 9.78 Å². The summed E-state index contributed by atoms with van der Waals surface area (Å²) in [5, 5.41) is 8.95. The molecule has 0 spiro atoms. The highest BCUT2D eigenvalue weighted by Gasteiger charge is 2.09. The third-order valence-electron chi connectivity index (χ3n) is 3.01. The summed E-state index contributed by atoms with van der Waals surface area (Å²) in [5.74, 6) is -1.00. The molecule has 0 bridgehead atoms. The van der Waals surface area contributed by atoms with Crippen molar-refractivity contribution in [1.29, 1.82) is 0 Å². The highest BCUT2D eigenvalue weighted by atomic mass is 16.4. The Bertz CT molecular complexity index is 572. The number of carboxylic acid groups (broad SMARTS) is 1. The lowest BCUT2D eigenvalue weighted by Crippen LogP contribution is -2.23. The molecule has 2 aromatic heterocycles. The van der Waals surface area contributed by atoms with Gasteiger partial charge >= 0.3 is 5.97 Å². The molecule has 1 N–H and O–H groups in total. The maximum atomic E-state index is 10.9.